The summed E-state index contributed by atoms with van der Waals surface area (Å²) in [5.74, 6) is 0.286. The Morgan fingerprint density at radius 2 is 1.89 bits per heavy atom. The molecule has 0 aliphatic rings. The number of benzene rings is 1. The molecule has 0 aromatic heterocycles. The minimum Gasteiger partial charge on any atom is -0.478 e. The third-order valence-corrected chi connectivity index (χ3v) is 3.09. The zero-order valence-corrected chi connectivity index (χ0v) is 11.6. The summed E-state index contributed by atoms with van der Waals surface area (Å²) in [4.78, 5) is 11.0. The summed E-state index contributed by atoms with van der Waals surface area (Å²) >= 11 is 0. The molecule has 0 fully saturated rings. The Balaban J connectivity index is 2.69. The monoisotopic (exact) mass is 250 g/mol. The van der Waals surface area contributed by atoms with Gasteiger partial charge in [0.25, 0.3) is 0 Å². The number of aliphatic carboxylic acids is 1. The molecule has 1 atom stereocenters. The molecule has 1 unspecified atom stereocenters. The van der Waals surface area contributed by atoms with E-state index in [4.69, 9.17) is 9.84 Å². The SMILES string of the molecule is CCC(C)Cc1ccc(OC(C)(C)C(=O)O)cc1. The highest BCUT2D eigenvalue weighted by atomic mass is 16.5. The Hall–Kier alpha value is -1.51. The molecule has 3 nitrogen and oxygen atoms in total. The summed E-state index contributed by atoms with van der Waals surface area (Å²) in [6.45, 7) is 7.49. The molecule has 1 aromatic rings. The third-order valence-electron chi connectivity index (χ3n) is 3.09. The largest absolute Gasteiger partial charge is 0.478 e. The van der Waals surface area contributed by atoms with Crippen molar-refractivity contribution >= 4 is 5.97 Å². The van der Waals surface area contributed by atoms with Crippen molar-refractivity contribution in [2.24, 2.45) is 5.92 Å². The summed E-state index contributed by atoms with van der Waals surface area (Å²) < 4.78 is 5.45. The molecular weight excluding hydrogens is 228 g/mol. The molecule has 0 amide bonds. The van der Waals surface area contributed by atoms with Crippen LogP contribution in [0.1, 0.15) is 39.7 Å². The molecule has 0 saturated carbocycles. The van der Waals surface area contributed by atoms with E-state index in [1.54, 1.807) is 13.8 Å². The second-order valence-corrected chi connectivity index (χ2v) is 5.28. The molecule has 0 radical (unpaired) electrons. The lowest BCUT2D eigenvalue weighted by molar-refractivity contribution is -0.152. The predicted molar refractivity (Wildman–Crippen MR) is 71.9 cm³/mol. The van der Waals surface area contributed by atoms with Crippen molar-refractivity contribution in [1.82, 2.24) is 0 Å². The fourth-order valence-electron chi connectivity index (χ4n) is 1.58. The summed E-state index contributed by atoms with van der Waals surface area (Å²) in [6.07, 6.45) is 2.20. The van der Waals surface area contributed by atoms with E-state index >= 15 is 0 Å². The fraction of sp³-hybridized carbons (Fsp3) is 0.533. The summed E-state index contributed by atoms with van der Waals surface area (Å²) in [5, 5.41) is 8.98. The van der Waals surface area contributed by atoms with E-state index in [1.165, 1.54) is 5.56 Å². The van der Waals surface area contributed by atoms with E-state index in [0.29, 0.717) is 11.7 Å². The molecule has 1 rings (SSSR count). The second-order valence-electron chi connectivity index (χ2n) is 5.28. The Kier molecular flexibility index (Phi) is 4.76. The van der Waals surface area contributed by atoms with Crippen molar-refractivity contribution in [2.75, 3.05) is 0 Å². The average molecular weight is 250 g/mol. The molecule has 18 heavy (non-hydrogen) atoms. The van der Waals surface area contributed by atoms with Crippen LogP contribution in [-0.4, -0.2) is 16.7 Å². The molecule has 0 spiro atoms. The molecule has 0 heterocycles. The first-order valence-corrected chi connectivity index (χ1v) is 6.36. The van der Waals surface area contributed by atoms with Crippen LogP contribution in [0.25, 0.3) is 0 Å². The van der Waals surface area contributed by atoms with Crippen LogP contribution in [-0.2, 0) is 11.2 Å². The van der Waals surface area contributed by atoms with Crippen LogP contribution in [0.3, 0.4) is 0 Å². The maximum atomic E-state index is 11.0. The van der Waals surface area contributed by atoms with Gasteiger partial charge in [0.1, 0.15) is 5.75 Å². The van der Waals surface area contributed by atoms with Crippen LogP contribution in [0.4, 0.5) is 0 Å². The quantitative estimate of drug-likeness (QED) is 0.840. The van der Waals surface area contributed by atoms with Crippen molar-refractivity contribution in [3.63, 3.8) is 0 Å². The number of carboxylic acid groups (broad SMARTS) is 1. The number of ether oxygens (including phenoxy) is 1. The molecule has 1 aromatic carbocycles. The van der Waals surface area contributed by atoms with Gasteiger partial charge >= 0.3 is 5.97 Å². The Morgan fingerprint density at radius 3 is 2.33 bits per heavy atom. The first kappa shape index (κ1) is 14.6. The van der Waals surface area contributed by atoms with Crippen molar-refractivity contribution < 1.29 is 14.6 Å². The number of hydrogen-bond acceptors (Lipinski definition) is 2. The highest BCUT2D eigenvalue weighted by molar-refractivity contribution is 5.76. The highest BCUT2D eigenvalue weighted by Crippen LogP contribution is 2.20. The minimum absolute atomic E-state index is 0.593. The minimum atomic E-state index is -1.20. The highest BCUT2D eigenvalue weighted by Gasteiger charge is 2.29. The van der Waals surface area contributed by atoms with Gasteiger partial charge in [-0.2, -0.15) is 0 Å². The molecule has 0 saturated heterocycles. The van der Waals surface area contributed by atoms with Crippen LogP contribution < -0.4 is 4.74 Å². The first-order valence-electron chi connectivity index (χ1n) is 6.36. The second kappa shape index (κ2) is 5.89. The number of rotatable bonds is 6. The van der Waals surface area contributed by atoms with Crippen LogP contribution in [0.5, 0.6) is 5.75 Å². The molecular formula is C15H22O3. The Labute approximate surface area is 109 Å². The van der Waals surface area contributed by atoms with Gasteiger partial charge in [0.15, 0.2) is 5.60 Å². The number of hydrogen-bond donors (Lipinski definition) is 1. The lowest BCUT2D eigenvalue weighted by atomic mass is 9.99. The lowest BCUT2D eigenvalue weighted by Crippen LogP contribution is -2.37. The summed E-state index contributed by atoms with van der Waals surface area (Å²) in [5.41, 5.74) is 0.0583. The molecule has 0 aliphatic heterocycles. The van der Waals surface area contributed by atoms with Crippen LogP contribution in [0.2, 0.25) is 0 Å². The van der Waals surface area contributed by atoms with Crippen molar-refractivity contribution in [3.05, 3.63) is 29.8 Å². The van der Waals surface area contributed by atoms with E-state index in [-0.39, 0.29) is 0 Å². The van der Waals surface area contributed by atoms with Crippen LogP contribution >= 0.6 is 0 Å². The fourth-order valence-corrected chi connectivity index (χ4v) is 1.58. The summed E-state index contributed by atoms with van der Waals surface area (Å²) in [6, 6.07) is 7.67. The number of carbonyl (C=O) groups is 1. The van der Waals surface area contributed by atoms with Gasteiger partial charge < -0.3 is 9.84 Å². The predicted octanol–water partition coefficient (Wildman–Crippen LogP) is 3.52. The Morgan fingerprint density at radius 1 is 1.33 bits per heavy atom. The van der Waals surface area contributed by atoms with Crippen molar-refractivity contribution in [1.29, 1.82) is 0 Å². The van der Waals surface area contributed by atoms with Crippen molar-refractivity contribution in [2.45, 2.75) is 46.1 Å². The maximum Gasteiger partial charge on any atom is 0.347 e. The average Bonchev–Trinajstić information content (AvgIpc) is 2.31. The molecule has 100 valence electrons. The van der Waals surface area contributed by atoms with Gasteiger partial charge in [-0.15, -0.1) is 0 Å². The van der Waals surface area contributed by atoms with E-state index in [2.05, 4.69) is 13.8 Å². The van der Waals surface area contributed by atoms with E-state index in [1.807, 2.05) is 24.3 Å². The number of carboxylic acids is 1. The molecule has 1 N–H and O–H groups in total. The third kappa shape index (κ3) is 4.06. The lowest BCUT2D eigenvalue weighted by Gasteiger charge is -2.21. The topological polar surface area (TPSA) is 46.5 Å². The van der Waals surface area contributed by atoms with Gasteiger partial charge in [0.05, 0.1) is 0 Å². The summed E-state index contributed by atoms with van der Waals surface area (Å²) in [7, 11) is 0. The first-order chi connectivity index (χ1) is 8.35. The Bertz CT molecular complexity index is 393. The van der Waals surface area contributed by atoms with Gasteiger partial charge in [-0.1, -0.05) is 32.4 Å². The van der Waals surface area contributed by atoms with E-state index in [0.717, 1.165) is 12.8 Å². The normalized spacial score (nSPS) is 13.1. The van der Waals surface area contributed by atoms with Gasteiger partial charge in [-0.05, 0) is 43.9 Å². The van der Waals surface area contributed by atoms with Crippen LogP contribution in [0, 0.1) is 5.92 Å². The van der Waals surface area contributed by atoms with E-state index < -0.39 is 11.6 Å². The smallest absolute Gasteiger partial charge is 0.347 e. The zero-order valence-electron chi connectivity index (χ0n) is 11.6. The zero-order chi connectivity index (χ0) is 13.8. The van der Waals surface area contributed by atoms with Gasteiger partial charge in [0.2, 0.25) is 0 Å². The van der Waals surface area contributed by atoms with Crippen LogP contribution in [0.15, 0.2) is 24.3 Å². The standard InChI is InChI=1S/C15H22O3/c1-5-11(2)10-12-6-8-13(9-7-12)18-15(3,4)14(16)17/h6-9,11H,5,10H2,1-4H3,(H,16,17). The maximum absolute atomic E-state index is 11.0. The van der Waals surface area contributed by atoms with Gasteiger partial charge in [-0.3, -0.25) is 0 Å². The molecule has 3 heteroatoms. The molecule has 0 bridgehead atoms. The molecule has 0 aliphatic carbocycles. The van der Waals surface area contributed by atoms with Gasteiger partial charge in [0, 0.05) is 0 Å². The van der Waals surface area contributed by atoms with E-state index in [9.17, 15) is 4.79 Å². The van der Waals surface area contributed by atoms with Crippen molar-refractivity contribution in [3.8, 4) is 5.75 Å². The van der Waals surface area contributed by atoms with Gasteiger partial charge in [-0.25, -0.2) is 4.79 Å².